The number of amides is 1. The third-order valence-electron chi connectivity index (χ3n) is 5.85. The number of hydrogen-bond donors (Lipinski definition) is 1. The Bertz CT molecular complexity index is 1320. The molecule has 5 rings (SSSR count). The number of aromatic nitrogens is 6. The van der Waals surface area contributed by atoms with Gasteiger partial charge in [-0.2, -0.15) is 4.80 Å². The number of tetrazole rings is 1. The Kier molecular flexibility index (Phi) is 7.15. The SMILES string of the molecule is Cc1ccc(-c2nc(Cn3ncnn3)c(OC(=O)NN3CCCCC3)nc2-c2ccc(Cl)cc2)cc1. The smallest absolute Gasteiger partial charge is 0.388 e. The van der Waals surface area contributed by atoms with Crippen LogP contribution in [0.25, 0.3) is 22.5 Å². The van der Waals surface area contributed by atoms with Crippen molar-refractivity contribution in [2.45, 2.75) is 32.7 Å². The van der Waals surface area contributed by atoms with Gasteiger partial charge in [0, 0.05) is 29.2 Å². The van der Waals surface area contributed by atoms with Crippen molar-refractivity contribution in [1.82, 2.24) is 40.6 Å². The number of nitrogens with zero attached hydrogens (tertiary/aromatic N) is 7. The Morgan fingerprint density at radius 1 is 0.972 bits per heavy atom. The minimum atomic E-state index is -0.621. The number of aryl methyl sites for hydroxylation is 1. The minimum Gasteiger partial charge on any atom is -0.388 e. The number of ether oxygens (including phenoxy) is 1. The number of nitrogens with one attached hydrogen (secondary N) is 1. The van der Waals surface area contributed by atoms with Crippen molar-refractivity contribution in [2.24, 2.45) is 0 Å². The molecule has 36 heavy (non-hydrogen) atoms. The molecule has 1 fully saturated rings. The monoisotopic (exact) mass is 504 g/mol. The van der Waals surface area contributed by atoms with Crippen molar-refractivity contribution in [3.8, 4) is 28.4 Å². The van der Waals surface area contributed by atoms with Crippen molar-refractivity contribution in [1.29, 1.82) is 0 Å². The first-order valence-electron chi connectivity index (χ1n) is 11.7. The summed E-state index contributed by atoms with van der Waals surface area (Å²) in [6.07, 6.45) is 3.91. The maximum atomic E-state index is 12.8. The molecule has 0 saturated carbocycles. The van der Waals surface area contributed by atoms with Gasteiger partial charge < -0.3 is 4.74 Å². The summed E-state index contributed by atoms with van der Waals surface area (Å²) in [7, 11) is 0. The van der Waals surface area contributed by atoms with Gasteiger partial charge in [0.15, 0.2) is 6.33 Å². The number of halogens is 1. The average molecular weight is 505 g/mol. The number of carbonyl (C=O) groups is 1. The first kappa shape index (κ1) is 23.8. The zero-order chi connectivity index (χ0) is 24.9. The highest BCUT2D eigenvalue weighted by Crippen LogP contribution is 2.33. The van der Waals surface area contributed by atoms with Gasteiger partial charge in [-0.25, -0.2) is 19.8 Å². The quantitative estimate of drug-likeness (QED) is 0.414. The third kappa shape index (κ3) is 5.67. The number of piperidine rings is 1. The fraction of sp³-hybridized carbons (Fsp3) is 0.280. The van der Waals surface area contributed by atoms with E-state index in [0.717, 1.165) is 49.0 Å². The second kappa shape index (κ2) is 10.8. The van der Waals surface area contributed by atoms with E-state index in [9.17, 15) is 4.79 Å². The van der Waals surface area contributed by atoms with Gasteiger partial charge in [-0.15, -0.1) is 10.2 Å². The van der Waals surface area contributed by atoms with Crippen LogP contribution in [0.2, 0.25) is 5.02 Å². The van der Waals surface area contributed by atoms with E-state index < -0.39 is 6.09 Å². The average Bonchev–Trinajstić information content (AvgIpc) is 3.40. The van der Waals surface area contributed by atoms with Crippen molar-refractivity contribution < 1.29 is 9.53 Å². The molecule has 3 heterocycles. The van der Waals surface area contributed by atoms with Crippen LogP contribution in [-0.2, 0) is 6.54 Å². The van der Waals surface area contributed by atoms with E-state index in [-0.39, 0.29) is 12.4 Å². The predicted octanol–water partition coefficient (Wildman–Crippen LogP) is 4.30. The largest absolute Gasteiger partial charge is 0.428 e. The molecule has 2 aromatic heterocycles. The molecule has 1 aliphatic heterocycles. The van der Waals surface area contributed by atoms with Crippen molar-refractivity contribution in [3.63, 3.8) is 0 Å². The van der Waals surface area contributed by atoms with E-state index in [1.54, 1.807) is 12.1 Å². The molecule has 1 N–H and O–H groups in total. The van der Waals surface area contributed by atoms with Crippen LogP contribution in [0.4, 0.5) is 4.79 Å². The lowest BCUT2D eigenvalue weighted by atomic mass is 10.0. The van der Waals surface area contributed by atoms with E-state index >= 15 is 0 Å². The first-order valence-corrected chi connectivity index (χ1v) is 12.1. The summed E-state index contributed by atoms with van der Waals surface area (Å²) in [5.41, 5.74) is 7.19. The molecule has 0 atom stereocenters. The summed E-state index contributed by atoms with van der Waals surface area (Å²) in [5.74, 6) is 0.0719. The van der Waals surface area contributed by atoms with E-state index in [4.69, 9.17) is 26.3 Å². The van der Waals surface area contributed by atoms with Gasteiger partial charge in [-0.3, -0.25) is 5.43 Å². The van der Waals surface area contributed by atoms with Gasteiger partial charge in [0.25, 0.3) is 0 Å². The maximum absolute atomic E-state index is 12.8. The molecule has 1 amide bonds. The molecule has 0 aliphatic carbocycles. The Morgan fingerprint density at radius 3 is 2.31 bits per heavy atom. The fourth-order valence-corrected chi connectivity index (χ4v) is 4.13. The topological polar surface area (TPSA) is 111 Å². The standard InChI is InChI=1S/C25H25ClN8O2/c1-17-5-7-18(8-6-17)22-23(19-9-11-20(26)12-10-19)30-24(21(29-22)15-34-28-16-27-32-34)36-25(35)31-33-13-3-2-4-14-33/h5-12,16H,2-4,13-15H2,1H3,(H,31,35). The number of hydrazine groups is 1. The highest BCUT2D eigenvalue weighted by Gasteiger charge is 2.22. The van der Waals surface area contributed by atoms with Crippen LogP contribution < -0.4 is 10.2 Å². The molecule has 10 nitrogen and oxygen atoms in total. The van der Waals surface area contributed by atoms with Crippen LogP contribution >= 0.6 is 11.6 Å². The molecule has 0 radical (unpaired) electrons. The van der Waals surface area contributed by atoms with Crippen molar-refractivity contribution in [2.75, 3.05) is 13.1 Å². The number of carbonyl (C=O) groups excluding carboxylic acids is 1. The Balaban J connectivity index is 1.57. The Morgan fingerprint density at radius 2 is 1.64 bits per heavy atom. The number of hydrogen-bond acceptors (Lipinski definition) is 8. The van der Waals surface area contributed by atoms with E-state index in [2.05, 4.69) is 20.8 Å². The number of rotatable bonds is 6. The molecule has 1 saturated heterocycles. The second-order valence-electron chi connectivity index (χ2n) is 8.56. The van der Waals surface area contributed by atoms with E-state index in [0.29, 0.717) is 22.1 Å². The summed E-state index contributed by atoms with van der Waals surface area (Å²) in [4.78, 5) is 23.9. The molecule has 0 unspecified atom stereocenters. The van der Waals surface area contributed by atoms with Gasteiger partial charge >= 0.3 is 6.09 Å². The van der Waals surface area contributed by atoms with Crippen molar-refractivity contribution >= 4 is 17.7 Å². The first-order chi connectivity index (χ1) is 17.5. The molecule has 184 valence electrons. The van der Waals surface area contributed by atoms with E-state index in [1.807, 2.05) is 48.3 Å². The number of benzene rings is 2. The molecule has 0 bridgehead atoms. The summed E-state index contributed by atoms with van der Waals surface area (Å²) >= 11 is 6.13. The molecule has 0 spiro atoms. The highest BCUT2D eigenvalue weighted by atomic mass is 35.5. The van der Waals surface area contributed by atoms with Crippen LogP contribution in [0.5, 0.6) is 5.88 Å². The van der Waals surface area contributed by atoms with Crippen LogP contribution in [0.1, 0.15) is 30.5 Å². The van der Waals surface area contributed by atoms with E-state index in [1.165, 1.54) is 11.1 Å². The second-order valence-corrected chi connectivity index (χ2v) is 9.00. The van der Waals surface area contributed by atoms with Gasteiger partial charge in [0.05, 0.1) is 5.69 Å². The van der Waals surface area contributed by atoms with Gasteiger partial charge in [0.2, 0.25) is 5.88 Å². The van der Waals surface area contributed by atoms with Crippen LogP contribution in [-0.4, -0.2) is 54.4 Å². The molecular formula is C25H25ClN8O2. The Labute approximate surface area is 213 Å². The lowest BCUT2D eigenvalue weighted by molar-refractivity contribution is 0.127. The normalized spacial score (nSPS) is 13.9. The molecule has 1 aliphatic rings. The lowest BCUT2D eigenvalue weighted by Crippen LogP contribution is -2.46. The summed E-state index contributed by atoms with van der Waals surface area (Å²) in [6.45, 7) is 3.70. The summed E-state index contributed by atoms with van der Waals surface area (Å²) in [5, 5.41) is 14.2. The van der Waals surface area contributed by atoms with Gasteiger partial charge in [-0.05, 0) is 37.1 Å². The fourth-order valence-electron chi connectivity index (χ4n) is 4.00. The zero-order valence-corrected chi connectivity index (χ0v) is 20.5. The predicted molar refractivity (Wildman–Crippen MR) is 134 cm³/mol. The van der Waals surface area contributed by atoms with Crippen LogP contribution in [0.3, 0.4) is 0 Å². The Hall–Kier alpha value is -3.89. The molecule has 11 heteroatoms. The lowest BCUT2D eigenvalue weighted by Gasteiger charge is -2.26. The third-order valence-corrected chi connectivity index (χ3v) is 6.10. The van der Waals surface area contributed by atoms with Gasteiger partial charge in [-0.1, -0.05) is 60.0 Å². The molecular weight excluding hydrogens is 480 g/mol. The minimum absolute atomic E-state index is 0.0719. The molecule has 4 aromatic rings. The van der Waals surface area contributed by atoms with Gasteiger partial charge in [0.1, 0.15) is 17.9 Å². The summed E-state index contributed by atoms with van der Waals surface area (Å²) < 4.78 is 5.71. The van der Waals surface area contributed by atoms with Crippen LogP contribution in [0.15, 0.2) is 54.9 Å². The highest BCUT2D eigenvalue weighted by molar-refractivity contribution is 6.30. The molecule has 2 aromatic carbocycles. The maximum Gasteiger partial charge on any atom is 0.428 e. The zero-order valence-electron chi connectivity index (χ0n) is 19.8. The van der Waals surface area contributed by atoms with Crippen molar-refractivity contribution in [3.05, 3.63) is 71.1 Å². The summed E-state index contributed by atoms with van der Waals surface area (Å²) in [6, 6.07) is 15.3. The van der Waals surface area contributed by atoms with Crippen LogP contribution in [0, 0.1) is 6.92 Å².